The van der Waals surface area contributed by atoms with E-state index in [1.807, 2.05) is 0 Å². The molecule has 104 valence electrons. The van der Waals surface area contributed by atoms with Gasteiger partial charge in [0.05, 0.1) is 11.0 Å². The second-order valence-electron chi connectivity index (χ2n) is 4.33. The summed E-state index contributed by atoms with van der Waals surface area (Å²) in [5.74, 6) is 0.566. The van der Waals surface area contributed by atoms with Crippen LogP contribution in [0, 0.1) is 10.1 Å². The van der Waals surface area contributed by atoms with Crippen LogP contribution >= 0.6 is 0 Å². The second kappa shape index (κ2) is 6.33. The summed E-state index contributed by atoms with van der Waals surface area (Å²) < 4.78 is 11.0. The third-order valence-corrected chi connectivity index (χ3v) is 2.97. The molecule has 0 spiro atoms. The molecule has 0 saturated carbocycles. The highest BCUT2D eigenvalue weighted by Gasteiger charge is 2.20. The van der Waals surface area contributed by atoms with Gasteiger partial charge in [-0.1, -0.05) is 0 Å². The maximum Gasteiger partial charge on any atom is 0.331 e. The number of hydrogen-bond acceptors (Lipinski definition) is 6. The summed E-state index contributed by atoms with van der Waals surface area (Å²) >= 11 is 0. The first-order valence-corrected chi connectivity index (χ1v) is 6.28. The van der Waals surface area contributed by atoms with E-state index in [4.69, 9.17) is 9.47 Å². The lowest BCUT2D eigenvalue weighted by Crippen LogP contribution is -2.26. The molecule has 1 unspecified atom stereocenters. The molecule has 1 fully saturated rings. The molecule has 1 aliphatic rings. The summed E-state index contributed by atoms with van der Waals surface area (Å²) in [6.45, 7) is 1.01. The van der Waals surface area contributed by atoms with Gasteiger partial charge >= 0.3 is 5.69 Å². The van der Waals surface area contributed by atoms with Crippen molar-refractivity contribution in [2.45, 2.75) is 25.4 Å². The van der Waals surface area contributed by atoms with E-state index >= 15 is 0 Å². The number of anilines is 1. The van der Waals surface area contributed by atoms with Crippen LogP contribution in [0.2, 0.25) is 0 Å². The fourth-order valence-corrected chi connectivity index (χ4v) is 1.93. The van der Waals surface area contributed by atoms with E-state index in [0.717, 1.165) is 25.9 Å². The van der Waals surface area contributed by atoms with Crippen LogP contribution < -0.4 is 10.1 Å². The Morgan fingerprint density at radius 1 is 1.58 bits per heavy atom. The monoisotopic (exact) mass is 267 g/mol. The number of rotatable bonds is 5. The van der Waals surface area contributed by atoms with E-state index in [1.165, 1.54) is 6.07 Å². The third kappa shape index (κ3) is 3.54. The molecule has 0 bridgehead atoms. The largest absolute Gasteiger partial charge is 0.470 e. The van der Waals surface area contributed by atoms with Crippen molar-refractivity contribution in [3.8, 4) is 5.88 Å². The molecule has 0 aliphatic carbocycles. The molecule has 1 atom stereocenters. The summed E-state index contributed by atoms with van der Waals surface area (Å²) in [7, 11) is 1.70. The molecule has 1 aromatic rings. The van der Waals surface area contributed by atoms with E-state index in [1.54, 1.807) is 13.1 Å². The summed E-state index contributed by atoms with van der Waals surface area (Å²) in [5.41, 5.74) is -0.130. The molecule has 1 N–H and O–H groups in total. The first-order chi connectivity index (χ1) is 9.20. The fraction of sp³-hybridized carbons (Fsp3) is 0.583. The predicted octanol–water partition coefficient (Wildman–Crippen LogP) is 1.98. The van der Waals surface area contributed by atoms with Gasteiger partial charge in [-0.2, -0.15) is 4.98 Å². The average Bonchev–Trinajstić information content (AvgIpc) is 2.45. The van der Waals surface area contributed by atoms with Gasteiger partial charge in [0.2, 0.25) is 0 Å². The van der Waals surface area contributed by atoms with Crippen LogP contribution in [-0.4, -0.2) is 36.3 Å². The summed E-state index contributed by atoms with van der Waals surface area (Å²) in [6.07, 6.45) is 3.07. The van der Waals surface area contributed by atoms with Gasteiger partial charge in [-0.05, 0) is 25.3 Å². The topological polar surface area (TPSA) is 86.5 Å². The Bertz CT molecular complexity index is 447. The van der Waals surface area contributed by atoms with E-state index in [-0.39, 0.29) is 17.7 Å². The maximum atomic E-state index is 10.9. The molecule has 0 radical (unpaired) electrons. The molecule has 7 heteroatoms. The van der Waals surface area contributed by atoms with Crippen molar-refractivity contribution >= 4 is 11.5 Å². The Hall–Kier alpha value is -1.89. The molecule has 0 aromatic carbocycles. The number of ether oxygens (including phenoxy) is 2. The van der Waals surface area contributed by atoms with Crippen LogP contribution in [0.4, 0.5) is 11.5 Å². The fourth-order valence-electron chi connectivity index (χ4n) is 1.93. The molecular weight excluding hydrogens is 250 g/mol. The molecule has 1 saturated heterocycles. The number of hydrogen-bond donors (Lipinski definition) is 1. The highest BCUT2D eigenvalue weighted by Crippen LogP contribution is 2.26. The molecule has 1 aliphatic heterocycles. The second-order valence-corrected chi connectivity index (χ2v) is 4.33. The molecule has 0 amide bonds. The van der Waals surface area contributed by atoms with Crippen LogP contribution in [0.25, 0.3) is 0 Å². The molecule has 2 rings (SSSR count). The number of nitrogens with zero attached hydrogens (tertiary/aromatic N) is 2. The third-order valence-electron chi connectivity index (χ3n) is 2.97. The van der Waals surface area contributed by atoms with Gasteiger partial charge in [0.1, 0.15) is 12.4 Å². The van der Waals surface area contributed by atoms with Gasteiger partial charge in [-0.25, -0.2) is 0 Å². The van der Waals surface area contributed by atoms with Gasteiger partial charge < -0.3 is 14.8 Å². The summed E-state index contributed by atoms with van der Waals surface area (Å²) in [5, 5.41) is 13.7. The predicted molar refractivity (Wildman–Crippen MR) is 69.5 cm³/mol. The van der Waals surface area contributed by atoms with Gasteiger partial charge in [0.15, 0.2) is 0 Å². The Morgan fingerprint density at radius 2 is 2.42 bits per heavy atom. The van der Waals surface area contributed by atoms with E-state index in [0.29, 0.717) is 12.4 Å². The van der Waals surface area contributed by atoms with Crippen molar-refractivity contribution in [1.82, 2.24) is 4.98 Å². The van der Waals surface area contributed by atoms with Crippen LogP contribution in [-0.2, 0) is 4.74 Å². The van der Waals surface area contributed by atoms with Gasteiger partial charge in [-0.15, -0.1) is 0 Å². The normalized spacial score (nSPS) is 18.9. The van der Waals surface area contributed by atoms with E-state index in [2.05, 4.69) is 10.3 Å². The lowest BCUT2D eigenvalue weighted by Gasteiger charge is -2.22. The maximum absolute atomic E-state index is 10.9. The smallest absolute Gasteiger partial charge is 0.331 e. The summed E-state index contributed by atoms with van der Waals surface area (Å²) in [4.78, 5) is 14.5. The zero-order chi connectivity index (χ0) is 13.7. The Balaban J connectivity index is 2.06. The minimum atomic E-state index is -0.497. The Morgan fingerprint density at radius 3 is 3.05 bits per heavy atom. The zero-order valence-electron chi connectivity index (χ0n) is 10.8. The number of pyridine rings is 1. The first-order valence-electron chi connectivity index (χ1n) is 6.28. The van der Waals surface area contributed by atoms with Crippen molar-refractivity contribution in [2.75, 3.05) is 25.6 Å². The van der Waals surface area contributed by atoms with Gasteiger partial charge in [-0.3, -0.25) is 10.1 Å². The highest BCUT2D eigenvalue weighted by molar-refractivity contribution is 5.48. The SMILES string of the molecule is CNc1ccc([N+](=O)[O-])c(OCC2CCCCO2)n1. The van der Waals surface area contributed by atoms with E-state index < -0.39 is 4.92 Å². The molecule has 2 heterocycles. The lowest BCUT2D eigenvalue weighted by molar-refractivity contribution is -0.386. The average molecular weight is 267 g/mol. The van der Waals surface area contributed by atoms with Crippen molar-refractivity contribution in [2.24, 2.45) is 0 Å². The minimum Gasteiger partial charge on any atom is -0.470 e. The van der Waals surface area contributed by atoms with Crippen LogP contribution in [0.3, 0.4) is 0 Å². The van der Waals surface area contributed by atoms with Crippen molar-refractivity contribution in [1.29, 1.82) is 0 Å². The Labute approximate surface area is 111 Å². The number of aromatic nitrogens is 1. The van der Waals surface area contributed by atoms with Gasteiger partial charge in [0.25, 0.3) is 5.88 Å². The van der Waals surface area contributed by atoms with Gasteiger partial charge in [0, 0.05) is 19.7 Å². The summed E-state index contributed by atoms with van der Waals surface area (Å²) in [6, 6.07) is 2.93. The quantitative estimate of drug-likeness (QED) is 0.648. The minimum absolute atomic E-state index is 0.00611. The van der Waals surface area contributed by atoms with Crippen molar-refractivity contribution in [3.05, 3.63) is 22.2 Å². The van der Waals surface area contributed by atoms with E-state index in [9.17, 15) is 10.1 Å². The zero-order valence-corrected chi connectivity index (χ0v) is 10.8. The molecular formula is C12H17N3O4. The van der Waals surface area contributed by atoms with Crippen LogP contribution in [0.1, 0.15) is 19.3 Å². The molecule has 1 aromatic heterocycles. The van der Waals surface area contributed by atoms with Crippen molar-refractivity contribution < 1.29 is 14.4 Å². The molecule has 7 nitrogen and oxygen atoms in total. The first kappa shape index (κ1) is 13.5. The highest BCUT2D eigenvalue weighted by atomic mass is 16.6. The lowest BCUT2D eigenvalue weighted by atomic mass is 10.1. The van der Waals surface area contributed by atoms with Crippen LogP contribution in [0.15, 0.2) is 12.1 Å². The van der Waals surface area contributed by atoms with Crippen LogP contribution in [0.5, 0.6) is 5.88 Å². The molecule has 19 heavy (non-hydrogen) atoms. The number of nitro groups is 1. The van der Waals surface area contributed by atoms with Crippen molar-refractivity contribution in [3.63, 3.8) is 0 Å². The Kier molecular flexibility index (Phi) is 4.51. The number of nitrogens with one attached hydrogen (secondary N) is 1. The standard InChI is InChI=1S/C12H17N3O4/c1-13-11-6-5-10(15(16)17)12(14-11)19-8-9-4-2-3-7-18-9/h5-6,9H,2-4,7-8H2,1H3,(H,13,14).